The number of likely N-dealkylation sites (tertiary alicyclic amines) is 3. The van der Waals surface area contributed by atoms with Crippen molar-refractivity contribution in [2.45, 2.75) is 146 Å². The van der Waals surface area contributed by atoms with Gasteiger partial charge in [0.25, 0.3) is 17.9 Å². The van der Waals surface area contributed by atoms with Gasteiger partial charge in [0.2, 0.25) is 47.3 Å². The minimum atomic E-state index is -1.59. The summed E-state index contributed by atoms with van der Waals surface area (Å²) in [4.78, 5) is 161. The maximum atomic E-state index is 14.1. The van der Waals surface area contributed by atoms with E-state index < -0.39 is 127 Å². The molecule has 2 aromatic carbocycles. The van der Waals surface area contributed by atoms with Gasteiger partial charge in [-0.2, -0.15) is 0 Å². The summed E-state index contributed by atoms with van der Waals surface area (Å²) in [7, 11) is 0. The number of aliphatic hydroxyl groups excluding tert-OH is 1. The lowest BCUT2D eigenvalue weighted by Gasteiger charge is -2.32. The number of aliphatic carboxylic acids is 4. The molecule has 0 unspecified atom stereocenters. The predicted octanol–water partition coefficient (Wildman–Crippen LogP) is -3.72. The van der Waals surface area contributed by atoms with Crippen LogP contribution < -0.4 is 55.3 Å². The predicted molar refractivity (Wildman–Crippen MR) is 318 cm³/mol. The molecule has 5 rings (SSSR count). The second kappa shape index (κ2) is 39.3. The third-order valence-electron chi connectivity index (χ3n) is 13.4. The van der Waals surface area contributed by atoms with Crippen molar-refractivity contribution >= 4 is 83.1 Å². The van der Waals surface area contributed by atoms with Crippen LogP contribution in [-0.2, 0) is 70.4 Å². The molecule has 8 amide bonds. The number of hydrogen-bond donors (Lipinski definition) is 15. The van der Waals surface area contributed by atoms with Crippen molar-refractivity contribution in [1.29, 1.82) is 0 Å². The lowest BCUT2D eigenvalue weighted by molar-refractivity contribution is -0.147. The molecule has 0 saturated carbocycles. The summed E-state index contributed by atoms with van der Waals surface area (Å²) < 4.78 is 0. The van der Waals surface area contributed by atoms with Gasteiger partial charge in [-0.05, 0) is 75.3 Å². The van der Waals surface area contributed by atoms with Crippen LogP contribution in [0.15, 0.2) is 70.6 Å². The van der Waals surface area contributed by atoms with E-state index in [0.717, 1.165) is 20.8 Å². The zero-order valence-corrected chi connectivity index (χ0v) is 49.6. The van der Waals surface area contributed by atoms with Crippen molar-refractivity contribution in [2.75, 3.05) is 45.9 Å². The first-order valence-corrected chi connectivity index (χ1v) is 28.3. The lowest BCUT2D eigenvalue weighted by atomic mass is 10.0. The molecule has 0 spiro atoms. The number of nitrogens with one attached hydrogen (secondary N) is 5. The monoisotopic (exact) mass is 1240 g/mol. The Bertz CT molecular complexity index is 2690. The van der Waals surface area contributed by atoms with E-state index in [2.05, 4.69) is 36.6 Å². The van der Waals surface area contributed by atoms with Gasteiger partial charge < -0.3 is 95.5 Å². The fraction of sp³-hybridized carbons (Fsp3) is 0.536. The highest BCUT2D eigenvalue weighted by atomic mass is 16.4. The molecule has 486 valence electrons. The van der Waals surface area contributed by atoms with Crippen molar-refractivity contribution < 1.29 is 83.1 Å². The number of guanidine groups is 2. The minimum Gasteiger partial charge on any atom is -0.481 e. The Morgan fingerprint density at radius 3 is 1.40 bits per heavy atom. The molecule has 3 heterocycles. The van der Waals surface area contributed by atoms with Gasteiger partial charge in [-0.1, -0.05) is 60.7 Å². The van der Waals surface area contributed by atoms with Crippen LogP contribution in [0.5, 0.6) is 0 Å². The number of benzene rings is 2. The van der Waals surface area contributed by atoms with E-state index in [1.165, 1.54) is 14.7 Å². The maximum absolute atomic E-state index is 14.1. The molecule has 2 aromatic rings. The second-order valence-corrected chi connectivity index (χ2v) is 20.6. The van der Waals surface area contributed by atoms with Crippen LogP contribution >= 0.6 is 0 Å². The van der Waals surface area contributed by atoms with Gasteiger partial charge in [-0.15, -0.1) is 0 Å². The van der Waals surface area contributed by atoms with Crippen LogP contribution in [0.1, 0.15) is 96.1 Å². The van der Waals surface area contributed by atoms with Crippen LogP contribution in [0.4, 0.5) is 0 Å². The molecule has 3 fully saturated rings. The Labute approximate surface area is 508 Å². The van der Waals surface area contributed by atoms with Gasteiger partial charge in [0, 0.05) is 66.3 Å². The Morgan fingerprint density at radius 1 is 0.534 bits per heavy atom. The molecule has 0 aromatic heterocycles. The Balaban J connectivity index is 0.00000201. The fourth-order valence-electron chi connectivity index (χ4n) is 9.55. The Hall–Kier alpha value is -9.46. The highest BCUT2D eigenvalue weighted by Gasteiger charge is 2.44. The molecule has 20 N–H and O–H groups in total. The summed E-state index contributed by atoms with van der Waals surface area (Å²) >= 11 is 0. The number of amides is 8. The highest BCUT2D eigenvalue weighted by molar-refractivity contribution is 5.98. The molecule has 3 aliphatic rings. The SMILES string of the molecule is CC(=O)O.CC(=O)O.CC(=O)O.NC(N)=NCCC[C@H](NC(=O)[C@H](Cc1ccccc1)NC(=O)[C@@H]1CCCN1C(=O)[C@H](CO)NC(=O)[C@H](Cc1ccccc1)NC(=O)CNC(=O)[C@@H]1CCCN1C(=O)[C@@H]1CCCN1C(=O)[C@@H](N)CCCN=C(N)N)C(=O)O. The van der Waals surface area contributed by atoms with Crippen molar-refractivity contribution in [1.82, 2.24) is 41.3 Å². The summed E-state index contributed by atoms with van der Waals surface area (Å²) in [6.07, 6.45) is 3.13. The molecule has 0 radical (unpaired) electrons. The molecule has 0 aliphatic carbocycles. The number of nitrogens with two attached hydrogens (primary N) is 5. The van der Waals surface area contributed by atoms with Gasteiger partial charge in [0.15, 0.2) is 11.9 Å². The summed E-state index contributed by atoms with van der Waals surface area (Å²) in [6, 6.07) is 8.00. The first-order valence-electron chi connectivity index (χ1n) is 28.3. The molecular weight excluding hydrogens is 1150 g/mol. The average molecular weight is 1240 g/mol. The number of carboxylic acid groups (broad SMARTS) is 4. The summed E-state index contributed by atoms with van der Waals surface area (Å²) in [5.41, 5.74) is 29.0. The molecule has 32 heteroatoms. The number of aliphatic imine (C=N–C) groups is 2. The fourth-order valence-corrected chi connectivity index (χ4v) is 9.55. The molecule has 88 heavy (non-hydrogen) atoms. The smallest absolute Gasteiger partial charge is 0.326 e. The number of carbonyl (C=O) groups excluding carboxylic acids is 8. The summed E-state index contributed by atoms with van der Waals surface area (Å²) in [6.45, 7) is 2.81. The molecule has 8 atom stereocenters. The lowest BCUT2D eigenvalue weighted by Crippen LogP contribution is -2.60. The van der Waals surface area contributed by atoms with Crippen molar-refractivity contribution in [3.05, 3.63) is 71.8 Å². The van der Waals surface area contributed by atoms with Crippen molar-refractivity contribution in [2.24, 2.45) is 38.7 Å². The molecular formula is C56H85N15O17. The number of rotatable bonds is 27. The summed E-state index contributed by atoms with van der Waals surface area (Å²) in [5, 5.41) is 55.5. The standard InChI is InChI=1S/C50H73N15O11.3C2H4O2/c51-32(16-7-21-56-49(52)53)45(72)65-25-11-20-39(65)47(74)64-24-9-18-37(64)43(70)58-28-40(67)59-34(26-30-12-3-1-4-13-30)41(68)62-36(29-66)46(73)63-23-10-19-38(63)44(71)61-35(27-31-14-5-2-6-15-31)42(69)60-33(48(75)76)17-8-22-57-50(54)55;3*1-2(3)4/h1-6,12-15,32-39,66H,7-11,16-29,51H2,(H,58,70)(H,59,67)(H,60,69)(H,61,71)(H,62,68)(H,75,76)(H4,52,53,56)(H4,54,55,57);3*1H3,(H,3,4)/t32-,33-,34-,35-,36-,37-,38-,39-;;;/m0.../s1. The zero-order chi connectivity index (χ0) is 66.0. The zero-order valence-electron chi connectivity index (χ0n) is 49.6. The van der Waals surface area contributed by atoms with Crippen LogP contribution in [0.25, 0.3) is 0 Å². The van der Waals surface area contributed by atoms with Gasteiger partial charge >= 0.3 is 5.97 Å². The number of carbonyl (C=O) groups is 12. The van der Waals surface area contributed by atoms with E-state index in [4.69, 9.17) is 58.4 Å². The normalized spacial score (nSPS) is 17.2. The van der Waals surface area contributed by atoms with Crippen LogP contribution in [0, 0.1) is 0 Å². The second-order valence-electron chi connectivity index (χ2n) is 20.6. The van der Waals surface area contributed by atoms with Gasteiger partial charge in [-0.3, -0.25) is 62.7 Å². The van der Waals surface area contributed by atoms with Gasteiger partial charge in [0.05, 0.1) is 19.2 Å². The first-order chi connectivity index (χ1) is 41.6. The van der Waals surface area contributed by atoms with Gasteiger partial charge in [0.1, 0.15) is 42.3 Å². The van der Waals surface area contributed by atoms with Gasteiger partial charge in [-0.25, -0.2) is 4.79 Å². The third-order valence-corrected chi connectivity index (χ3v) is 13.4. The number of nitrogens with zero attached hydrogens (tertiary/aromatic N) is 5. The van der Waals surface area contributed by atoms with E-state index in [1.807, 2.05) is 0 Å². The van der Waals surface area contributed by atoms with E-state index in [0.29, 0.717) is 69.2 Å². The molecule has 0 bridgehead atoms. The van der Waals surface area contributed by atoms with Crippen molar-refractivity contribution in [3.8, 4) is 0 Å². The van der Waals surface area contributed by atoms with E-state index in [1.54, 1.807) is 60.7 Å². The Kier molecular flexibility index (Phi) is 33.3. The van der Waals surface area contributed by atoms with E-state index in [9.17, 15) is 53.4 Å². The largest absolute Gasteiger partial charge is 0.481 e. The quantitative estimate of drug-likeness (QED) is 0.0232. The topological polar surface area (TPSA) is 531 Å². The van der Waals surface area contributed by atoms with Crippen LogP contribution in [0.2, 0.25) is 0 Å². The van der Waals surface area contributed by atoms with Crippen LogP contribution in [-0.4, -0.2) is 217 Å². The molecule has 3 aliphatic heterocycles. The molecule has 32 nitrogen and oxygen atoms in total. The van der Waals surface area contributed by atoms with Crippen molar-refractivity contribution in [3.63, 3.8) is 0 Å². The number of carboxylic acids is 4. The van der Waals surface area contributed by atoms with Crippen LogP contribution in [0.3, 0.4) is 0 Å². The Morgan fingerprint density at radius 2 is 0.943 bits per heavy atom. The minimum absolute atomic E-state index is 0.0209. The van der Waals surface area contributed by atoms with E-state index >= 15 is 0 Å². The third kappa shape index (κ3) is 27.7. The molecule has 3 saturated heterocycles. The first kappa shape index (κ1) is 74.6. The highest BCUT2D eigenvalue weighted by Crippen LogP contribution is 2.26. The average Bonchev–Trinajstić information content (AvgIpc) is 1.84. The summed E-state index contributed by atoms with van der Waals surface area (Å²) in [5.74, 6) is -9.43. The van der Waals surface area contributed by atoms with E-state index in [-0.39, 0.29) is 69.6 Å². The maximum Gasteiger partial charge on any atom is 0.326 e. The number of aliphatic hydroxyl groups is 1. The number of hydrogen-bond acceptors (Lipinski definition) is 16.